The summed E-state index contributed by atoms with van der Waals surface area (Å²) < 4.78 is 11.5. The smallest absolute Gasteiger partial charge is 0.263 e. The molecule has 0 aromatic carbocycles. The number of rotatable bonds is 3. The van der Waals surface area contributed by atoms with Gasteiger partial charge in [0, 0.05) is 41.2 Å². The fourth-order valence-corrected chi connectivity index (χ4v) is 3.62. The van der Waals surface area contributed by atoms with Gasteiger partial charge in [-0.1, -0.05) is 24.0 Å². The zero-order valence-corrected chi connectivity index (χ0v) is 15.1. The third-order valence-corrected chi connectivity index (χ3v) is 4.90. The molecule has 1 aliphatic rings. The Kier molecular flexibility index (Phi) is 4.09. The Morgan fingerprint density at radius 2 is 2.19 bits per heavy atom. The maximum absolute atomic E-state index is 11.8. The van der Waals surface area contributed by atoms with Crippen molar-refractivity contribution in [1.82, 2.24) is 15.3 Å². The second-order valence-corrected chi connectivity index (χ2v) is 7.15. The molecule has 4 rings (SSSR count). The van der Waals surface area contributed by atoms with Crippen LogP contribution in [0.3, 0.4) is 0 Å². The van der Waals surface area contributed by atoms with Crippen molar-refractivity contribution >= 4 is 56.9 Å². The second kappa shape index (κ2) is 6.43. The van der Waals surface area contributed by atoms with Crippen molar-refractivity contribution in [3.05, 3.63) is 41.4 Å². The monoisotopic (exact) mass is 384 g/mol. The molecular formula is C17H12N4O3S2. The first-order valence-electron chi connectivity index (χ1n) is 7.47. The Morgan fingerprint density at radius 3 is 2.88 bits per heavy atom. The summed E-state index contributed by atoms with van der Waals surface area (Å²) in [5.74, 6) is 0.663. The fraction of sp³-hybridized carbons (Fsp3) is 0.0588. The highest BCUT2D eigenvalue weighted by atomic mass is 32.2. The molecule has 1 aliphatic heterocycles. The van der Waals surface area contributed by atoms with Crippen LogP contribution in [0.15, 0.2) is 40.0 Å². The molecule has 0 bridgehead atoms. The van der Waals surface area contributed by atoms with Gasteiger partial charge in [0.25, 0.3) is 5.91 Å². The molecule has 0 atom stereocenters. The number of thioether (sulfide) groups is 1. The van der Waals surface area contributed by atoms with E-state index in [1.807, 2.05) is 6.07 Å². The highest BCUT2D eigenvalue weighted by Gasteiger charge is 2.23. The molecule has 0 aliphatic carbocycles. The standard InChI is InChI=1S/C17H12N4O3S2/c1-23-16-12(18)3-8(6-20-16)11-7-19-5-9-2-10(24-14(9)11)4-13-15(22)21-17(25)26-13/h2-7H,18H2,1H3,(H,21,22,25). The van der Waals surface area contributed by atoms with Gasteiger partial charge in [-0.2, -0.15) is 0 Å². The number of hydrogen-bond donors (Lipinski definition) is 2. The molecule has 130 valence electrons. The lowest BCUT2D eigenvalue weighted by Gasteiger charge is -2.06. The highest BCUT2D eigenvalue weighted by molar-refractivity contribution is 8.26. The van der Waals surface area contributed by atoms with Crippen molar-refractivity contribution in [2.24, 2.45) is 0 Å². The summed E-state index contributed by atoms with van der Waals surface area (Å²) in [6, 6.07) is 3.57. The summed E-state index contributed by atoms with van der Waals surface area (Å²) in [5.41, 5.74) is 8.49. The maximum atomic E-state index is 11.8. The normalized spacial score (nSPS) is 15.7. The van der Waals surface area contributed by atoms with E-state index in [4.69, 9.17) is 27.1 Å². The van der Waals surface area contributed by atoms with Crippen molar-refractivity contribution in [2.45, 2.75) is 0 Å². The number of carbonyl (C=O) groups is 1. The lowest BCUT2D eigenvalue weighted by atomic mass is 10.1. The molecule has 0 spiro atoms. The van der Waals surface area contributed by atoms with Gasteiger partial charge < -0.3 is 20.2 Å². The number of furan rings is 1. The average molecular weight is 384 g/mol. The van der Waals surface area contributed by atoms with Gasteiger partial charge in [0.05, 0.1) is 17.7 Å². The quantitative estimate of drug-likeness (QED) is 0.525. The Bertz CT molecular complexity index is 1090. The number of hydrogen-bond acceptors (Lipinski definition) is 8. The van der Waals surface area contributed by atoms with Crippen LogP contribution in [0.25, 0.3) is 28.2 Å². The molecule has 3 aromatic rings. The molecule has 1 amide bonds. The van der Waals surface area contributed by atoms with E-state index in [0.29, 0.717) is 32.1 Å². The Balaban J connectivity index is 1.79. The van der Waals surface area contributed by atoms with E-state index in [9.17, 15) is 4.79 Å². The van der Waals surface area contributed by atoms with Gasteiger partial charge in [-0.15, -0.1) is 0 Å². The van der Waals surface area contributed by atoms with Crippen LogP contribution in [0, 0.1) is 0 Å². The van der Waals surface area contributed by atoms with Gasteiger partial charge in [0.1, 0.15) is 15.7 Å². The van der Waals surface area contributed by atoms with E-state index < -0.39 is 0 Å². The van der Waals surface area contributed by atoms with Gasteiger partial charge in [-0.3, -0.25) is 9.78 Å². The van der Waals surface area contributed by atoms with Gasteiger partial charge in [-0.25, -0.2) is 4.98 Å². The summed E-state index contributed by atoms with van der Waals surface area (Å²) in [7, 11) is 1.51. The molecule has 1 saturated heterocycles. The predicted octanol–water partition coefficient (Wildman–Crippen LogP) is 2.97. The molecule has 3 N–H and O–H groups in total. The van der Waals surface area contributed by atoms with Crippen LogP contribution < -0.4 is 15.8 Å². The number of aromatic nitrogens is 2. The Labute approximate surface area is 157 Å². The Morgan fingerprint density at radius 1 is 1.35 bits per heavy atom. The highest BCUT2D eigenvalue weighted by Crippen LogP contribution is 2.34. The van der Waals surface area contributed by atoms with Crippen LogP contribution in [-0.4, -0.2) is 27.3 Å². The van der Waals surface area contributed by atoms with E-state index in [2.05, 4.69) is 15.3 Å². The maximum Gasteiger partial charge on any atom is 0.263 e. The third kappa shape index (κ3) is 2.91. The topological polar surface area (TPSA) is 103 Å². The molecule has 1 fully saturated rings. The zero-order chi connectivity index (χ0) is 18.3. The lowest BCUT2D eigenvalue weighted by molar-refractivity contribution is -0.115. The van der Waals surface area contributed by atoms with Crippen LogP contribution >= 0.6 is 24.0 Å². The number of thiocarbonyl (C=S) groups is 1. The van der Waals surface area contributed by atoms with Crippen molar-refractivity contribution in [3.63, 3.8) is 0 Å². The van der Waals surface area contributed by atoms with Crippen LogP contribution in [-0.2, 0) is 4.79 Å². The first-order chi connectivity index (χ1) is 12.5. The molecule has 4 heterocycles. The number of nitrogens with two attached hydrogens (primary N) is 1. The van der Waals surface area contributed by atoms with Gasteiger partial charge in [0.15, 0.2) is 0 Å². The first-order valence-corrected chi connectivity index (χ1v) is 8.70. The fourth-order valence-electron chi connectivity index (χ4n) is 2.60. The number of fused-ring (bicyclic) bond motifs is 1. The number of anilines is 1. The number of nitrogens with zero attached hydrogens (tertiary/aromatic N) is 2. The lowest BCUT2D eigenvalue weighted by Crippen LogP contribution is -2.17. The minimum Gasteiger partial charge on any atom is -0.480 e. The van der Waals surface area contributed by atoms with Crippen LogP contribution in [0.1, 0.15) is 5.76 Å². The molecular weight excluding hydrogens is 372 g/mol. The van der Waals surface area contributed by atoms with Crippen molar-refractivity contribution in [1.29, 1.82) is 0 Å². The summed E-state index contributed by atoms with van der Waals surface area (Å²) in [6.07, 6.45) is 6.67. The SMILES string of the molecule is COc1ncc(-c2cncc3cc(C=C4SC(=S)NC4=O)oc23)cc1N. The van der Waals surface area contributed by atoms with E-state index in [-0.39, 0.29) is 5.91 Å². The van der Waals surface area contributed by atoms with Gasteiger partial charge >= 0.3 is 0 Å². The second-order valence-electron chi connectivity index (χ2n) is 5.43. The average Bonchev–Trinajstić information content (AvgIpc) is 3.16. The molecule has 0 radical (unpaired) electrons. The van der Waals surface area contributed by atoms with Crippen molar-refractivity contribution in [2.75, 3.05) is 12.8 Å². The number of ether oxygens (including phenoxy) is 1. The largest absolute Gasteiger partial charge is 0.480 e. The van der Waals surface area contributed by atoms with Crippen molar-refractivity contribution < 1.29 is 13.9 Å². The summed E-state index contributed by atoms with van der Waals surface area (Å²) in [4.78, 5) is 20.7. The number of nitrogen functional groups attached to an aromatic ring is 1. The number of nitrogens with one attached hydrogen (secondary N) is 1. The first kappa shape index (κ1) is 16.6. The molecule has 0 unspecified atom stereocenters. The molecule has 7 nitrogen and oxygen atoms in total. The van der Waals surface area contributed by atoms with Crippen molar-refractivity contribution in [3.8, 4) is 17.0 Å². The van der Waals surface area contributed by atoms with E-state index in [0.717, 1.165) is 16.5 Å². The van der Waals surface area contributed by atoms with E-state index in [1.165, 1.54) is 18.9 Å². The minimum absolute atomic E-state index is 0.231. The zero-order valence-electron chi connectivity index (χ0n) is 13.5. The summed E-state index contributed by atoms with van der Waals surface area (Å²) >= 11 is 6.19. The summed E-state index contributed by atoms with van der Waals surface area (Å²) in [6.45, 7) is 0. The predicted molar refractivity (Wildman–Crippen MR) is 105 cm³/mol. The van der Waals surface area contributed by atoms with Gasteiger partial charge in [-0.05, 0) is 12.1 Å². The van der Waals surface area contributed by atoms with Crippen LogP contribution in [0.5, 0.6) is 5.88 Å². The summed E-state index contributed by atoms with van der Waals surface area (Å²) in [5, 5.41) is 3.37. The number of methoxy groups -OCH3 is 1. The number of pyridine rings is 2. The number of amides is 1. The molecule has 3 aromatic heterocycles. The van der Waals surface area contributed by atoms with Gasteiger partial charge in [0.2, 0.25) is 5.88 Å². The molecule has 0 saturated carbocycles. The molecule has 26 heavy (non-hydrogen) atoms. The third-order valence-electron chi connectivity index (χ3n) is 3.74. The van der Waals surface area contributed by atoms with Crippen LogP contribution in [0.2, 0.25) is 0 Å². The van der Waals surface area contributed by atoms with E-state index >= 15 is 0 Å². The number of carbonyl (C=O) groups excluding carboxylic acids is 1. The Hall–Kier alpha value is -2.91. The van der Waals surface area contributed by atoms with Crippen LogP contribution in [0.4, 0.5) is 5.69 Å². The minimum atomic E-state index is -0.231. The van der Waals surface area contributed by atoms with E-state index in [1.54, 1.807) is 30.7 Å². The molecule has 9 heteroatoms.